The van der Waals surface area contributed by atoms with Crippen molar-refractivity contribution >= 4 is 20.9 Å². The van der Waals surface area contributed by atoms with Crippen LogP contribution in [0.5, 0.6) is 0 Å². The standard InChI is InChI=1S/C11H13NO3S/c1-7(2)11-12-9-6-8(16(3,13)14)4-5-10(9)15-11/h4-7H,1-3H3. The molecule has 5 heteroatoms. The first kappa shape index (κ1) is 11.1. The Morgan fingerprint density at radius 2 is 2.00 bits per heavy atom. The summed E-state index contributed by atoms with van der Waals surface area (Å²) in [4.78, 5) is 4.52. The van der Waals surface area contributed by atoms with E-state index in [1.807, 2.05) is 13.8 Å². The minimum Gasteiger partial charge on any atom is -0.440 e. The Morgan fingerprint density at radius 1 is 1.31 bits per heavy atom. The number of aromatic nitrogens is 1. The zero-order chi connectivity index (χ0) is 11.9. The molecule has 0 atom stereocenters. The molecule has 86 valence electrons. The fraction of sp³-hybridized carbons (Fsp3) is 0.364. The fourth-order valence-corrected chi connectivity index (χ4v) is 2.04. The average Bonchev–Trinajstić information content (AvgIpc) is 2.58. The molecule has 0 amide bonds. The van der Waals surface area contributed by atoms with Crippen LogP contribution in [-0.4, -0.2) is 19.7 Å². The highest BCUT2D eigenvalue weighted by Gasteiger charge is 2.13. The molecule has 0 saturated heterocycles. The number of oxazole rings is 1. The molecule has 1 aromatic heterocycles. The molecule has 2 rings (SSSR count). The number of benzene rings is 1. The van der Waals surface area contributed by atoms with Crippen LogP contribution in [-0.2, 0) is 9.84 Å². The summed E-state index contributed by atoms with van der Waals surface area (Å²) in [7, 11) is -3.19. The molecule has 0 unspecified atom stereocenters. The molecule has 0 saturated carbocycles. The predicted octanol–water partition coefficient (Wildman–Crippen LogP) is 2.35. The molecule has 4 nitrogen and oxygen atoms in total. The van der Waals surface area contributed by atoms with Gasteiger partial charge >= 0.3 is 0 Å². The summed E-state index contributed by atoms with van der Waals surface area (Å²) in [5, 5.41) is 0. The number of sulfone groups is 1. The number of nitrogens with zero attached hydrogens (tertiary/aromatic N) is 1. The first-order chi connectivity index (χ1) is 7.38. The second-order valence-electron chi connectivity index (χ2n) is 4.11. The van der Waals surface area contributed by atoms with Gasteiger partial charge in [-0.05, 0) is 18.2 Å². The van der Waals surface area contributed by atoms with Crippen molar-refractivity contribution in [2.45, 2.75) is 24.7 Å². The average molecular weight is 239 g/mol. The number of rotatable bonds is 2. The second kappa shape index (κ2) is 3.59. The number of hydrogen-bond acceptors (Lipinski definition) is 4. The van der Waals surface area contributed by atoms with Gasteiger partial charge in [0.2, 0.25) is 0 Å². The van der Waals surface area contributed by atoms with Crippen LogP contribution >= 0.6 is 0 Å². The summed E-state index contributed by atoms with van der Waals surface area (Å²) in [6.45, 7) is 3.95. The fourth-order valence-electron chi connectivity index (χ4n) is 1.40. The summed E-state index contributed by atoms with van der Waals surface area (Å²) in [5.41, 5.74) is 1.21. The van der Waals surface area contributed by atoms with Gasteiger partial charge in [0.25, 0.3) is 0 Å². The Morgan fingerprint density at radius 3 is 2.56 bits per heavy atom. The summed E-state index contributed by atoms with van der Waals surface area (Å²) < 4.78 is 28.2. The van der Waals surface area contributed by atoms with E-state index < -0.39 is 9.84 Å². The third-order valence-electron chi connectivity index (χ3n) is 2.30. The van der Waals surface area contributed by atoms with E-state index in [9.17, 15) is 8.42 Å². The van der Waals surface area contributed by atoms with E-state index in [4.69, 9.17) is 4.42 Å². The monoisotopic (exact) mass is 239 g/mol. The maximum Gasteiger partial charge on any atom is 0.198 e. The van der Waals surface area contributed by atoms with Crippen molar-refractivity contribution < 1.29 is 12.8 Å². The summed E-state index contributed by atoms with van der Waals surface area (Å²) in [5.74, 6) is 0.815. The lowest BCUT2D eigenvalue weighted by molar-refractivity contribution is 0.501. The van der Waals surface area contributed by atoms with Crippen molar-refractivity contribution in [3.63, 3.8) is 0 Å². The molecule has 0 spiro atoms. The molecular weight excluding hydrogens is 226 g/mol. The quantitative estimate of drug-likeness (QED) is 0.807. The SMILES string of the molecule is CC(C)c1nc2cc(S(C)(=O)=O)ccc2o1. The van der Waals surface area contributed by atoms with Crippen LogP contribution in [0.4, 0.5) is 0 Å². The lowest BCUT2D eigenvalue weighted by Crippen LogP contribution is -1.96. The Bertz CT molecular complexity index is 626. The molecule has 0 aliphatic carbocycles. The van der Waals surface area contributed by atoms with Crippen LogP contribution in [0, 0.1) is 0 Å². The smallest absolute Gasteiger partial charge is 0.198 e. The van der Waals surface area contributed by atoms with E-state index in [2.05, 4.69) is 4.98 Å². The van der Waals surface area contributed by atoms with Crippen molar-refractivity contribution in [1.82, 2.24) is 4.98 Å². The number of hydrogen-bond donors (Lipinski definition) is 0. The van der Waals surface area contributed by atoms with Gasteiger partial charge in [-0.3, -0.25) is 0 Å². The van der Waals surface area contributed by atoms with Gasteiger partial charge in [0.05, 0.1) is 4.90 Å². The second-order valence-corrected chi connectivity index (χ2v) is 6.12. The highest BCUT2D eigenvalue weighted by Crippen LogP contribution is 2.23. The van der Waals surface area contributed by atoms with Gasteiger partial charge in [0.15, 0.2) is 21.3 Å². The van der Waals surface area contributed by atoms with Crippen molar-refractivity contribution in [2.75, 3.05) is 6.26 Å². The van der Waals surface area contributed by atoms with Gasteiger partial charge < -0.3 is 4.42 Å². The minimum atomic E-state index is -3.19. The summed E-state index contributed by atoms with van der Waals surface area (Å²) in [6.07, 6.45) is 1.18. The van der Waals surface area contributed by atoms with Gasteiger partial charge in [0, 0.05) is 12.2 Å². The molecule has 1 heterocycles. The Kier molecular flexibility index (Phi) is 2.50. The third kappa shape index (κ3) is 1.95. The molecule has 0 aliphatic heterocycles. The maximum absolute atomic E-state index is 11.4. The predicted molar refractivity (Wildman–Crippen MR) is 61.2 cm³/mol. The molecular formula is C11H13NO3S. The molecule has 16 heavy (non-hydrogen) atoms. The highest BCUT2D eigenvalue weighted by molar-refractivity contribution is 7.90. The van der Waals surface area contributed by atoms with E-state index in [0.717, 1.165) is 0 Å². The van der Waals surface area contributed by atoms with Crippen LogP contribution in [0.3, 0.4) is 0 Å². The van der Waals surface area contributed by atoms with Crippen molar-refractivity contribution in [2.24, 2.45) is 0 Å². The summed E-state index contributed by atoms with van der Waals surface area (Å²) >= 11 is 0. The molecule has 1 aromatic carbocycles. The first-order valence-corrected chi connectivity index (χ1v) is 6.87. The Labute approximate surface area is 94.2 Å². The molecule has 0 fully saturated rings. The van der Waals surface area contributed by atoms with E-state index in [1.54, 1.807) is 12.1 Å². The zero-order valence-corrected chi connectivity index (χ0v) is 10.2. The summed E-state index contributed by atoms with van der Waals surface area (Å²) in [6, 6.07) is 4.72. The van der Waals surface area contributed by atoms with Crippen molar-refractivity contribution in [1.29, 1.82) is 0 Å². The zero-order valence-electron chi connectivity index (χ0n) is 9.39. The highest BCUT2D eigenvalue weighted by atomic mass is 32.2. The van der Waals surface area contributed by atoms with Gasteiger partial charge in [-0.2, -0.15) is 0 Å². The van der Waals surface area contributed by atoms with Crippen LogP contribution < -0.4 is 0 Å². The van der Waals surface area contributed by atoms with Gasteiger partial charge in [-0.15, -0.1) is 0 Å². The first-order valence-electron chi connectivity index (χ1n) is 4.98. The van der Waals surface area contributed by atoms with E-state index >= 15 is 0 Å². The van der Waals surface area contributed by atoms with Crippen LogP contribution in [0.25, 0.3) is 11.1 Å². The van der Waals surface area contributed by atoms with Crippen molar-refractivity contribution in [3.05, 3.63) is 24.1 Å². The maximum atomic E-state index is 11.4. The van der Waals surface area contributed by atoms with E-state index in [-0.39, 0.29) is 10.8 Å². The minimum absolute atomic E-state index is 0.189. The molecule has 0 bridgehead atoms. The van der Waals surface area contributed by atoms with E-state index in [0.29, 0.717) is 17.0 Å². The Balaban J connectivity index is 2.63. The molecule has 0 radical (unpaired) electrons. The lowest BCUT2D eigenvalue weighted by atomic mass is 10.2. The molecule has 2 aromatic rings. The van der Waals surface area contributed by atoms with Gasteiger partial charge in [-0.1, -0.05) is 13.8 Å². The van der Waals surface area contributed by atoms with Crippen LogP contribution in [0.2, 0.25) is 0 Å². The largest absolute Gasteiger partial charge is 0.440 e. The third-order valence-corrected chi connectivity index (χ3v) is 3.41. The van der Waals surface area contributed by atoms with E-state index in [1.165, 1.54) is 12.3 Å². The number of fused-ring (bicyclic) bond motifs is 1. The van der Waals surface area contributed by atoms with Gasteiger partial charge in [0.1, 0.15) is 5.52 Å². The van der Waals surface area contributed by atoms with Crippen LogP contribution in [0.15, 0.2) is 27.5 Å². The van der Waals surface area contributed by atoms with Crippen molar-refractivity contribution in [3.8, 4) is 0 Å². The van der Waals surface area contributed by atoms with Gasteiger partial charge in [-0.25, -0.2) is 13.4 Å². The Hall–Kier alpha value is -1.36. The normalized spacial score (nSPS) is 12.5. The molecule has 0 aliphatic rings. The molecule has 0 N–H and O–H groups in total. The lowest BCUT2D eigenvalue weighted by Gasteiger charge is -1.95. The van der Waals surface area contributed by atoms with Crippen LogP contribution in [0.1, 0.15) is 25.7 Å². The topological polar surface area (TPSA) is 60.2 Å².